The highest BCUT2D eigenvalue weighted by atomic mass is 16.6. The Morgan fingerprint density at radius 1 is 1.41 bits per heavy atom. The number of imidazole rings is 2. The fourth-order valence-corrected chi connectivity index (χ4v) is 1.91. The first-order valence-electron chi connectivity index (χ1n) is 6.73. The lowest BCUT2D eigenvalue weighted by Gasteiger charge is -2.11. The zero-order chi connectivity index (χ0) is 16.1. The molecule has 0 radical (unpaired) electrons. The number of rotatable bonds is 6. The first kappa shape index (κ1) is 15.7. The van der Waals surface area contributed by atoms with Gasteiger partial charge < -0.3 is 26.2 Å². The second-order valence-electron chi connectivity index (χ2n) is 5.01. The number of carbonyl (C=O) groups is 2. The summed E-state index contributed by atoms with van der Waals surface area (Å²) in [5.74, 6) is -1.34. The normalized spacial score (nSPS) is 13.5. The van der Waals surface area contributed by atoms with Gasteiger partial charge in [0, 0.05) is 29.9 Å². The van der Waals surface area contributed by atoms with Gasteiger partial charge in [-0.25, -0.2) is 14.8 Å². The second-order valence-corrected chi connectivity index (χ2v) is 5.01. The van der Waals surface area contributed by atoms with Gasteiger partial charge in [-0.1, -0.05) is 6.92 Å². The third-order valence-corrected chi connectivity index (χ3v) is 3.13. The van der Waals surface area contributed by atoms with Crippen LogP contribution >= 0.6 is 0 Å². The number of anilines is 1. The lowest BCUT2D eigenvalue weighted by Crippen LogP contribution is -2.36. The van der Waals surface area contributed by atoms with Crippen LogP contribution in [0.2, 0.25) is 0 Å². The molecule has 0 spiro atoms. The van der Waals surface area contributed by atoms with Crippen molar-refractivity contribution >= 4 is 17.9 Å². The lowest BCUT2D eigenvalue weighted by molar-refractivity contribution is -0.160. The largest absolute Gasteiger partial charge is 0.392 e. The third kappa shape index (κ3) is 4.16. The average molecular weight is 306 g/mol. The van der Waals surface area contributed by atoms with E-state index in [1.165, 1.54) is 6.33 Å². The number of aromatic nitrogens is 4. The van der Waals surface area contributed by atoms with Crippen LogP contribution in [0.3, 0.4) is 0 Å². The van der Waals surface area contributed by atoms with E-state index in [1.807, 2.05) is 0 Å². The van der Waals surface area contributed by atoms with Crippen LogP contribution in [0.4, 0.5) is 5.95 Å². The van der Waals surface area contributed by atoms with Crippen molar-refractivity contribution in [3.05, 3.63) is 30.1 Å². The summed E-state index contributed by atoms with van der Waals surface area (Å²) in [6.07, 6.45) is 4.82. The molecular weight excluding hydrogens is 288 g/mol. The fourth-order valence-electron chi connectivity index (χ4n) is 1.91. The minimum atomic E-state index is -0.928. The van der Waals surface area contributed by atoms with Crippen LogP contribution in [-0.4, -0.2) is 37.9 Å². The number of esters is 2. The average Bonchev–Trinajstić information content (AvgIpc) is 3.09. The van der Waals surface area contributed by atoms with Gasteiger partial charge in [0.1, 0.15) is 6.04 Å². The summed E-state index contributed by atoms with van der Waals surface area (Å²) in [7, 11) is 0. The molecule has 0 aliphatic rings. The molecule has 6 N–H and O–H groups in total. The van der Waals surface area contributed by atoms with Crippen LogP contribution in [0, 0.1) is 0 Å². The van der Waals surface area contributed by atoms with Crippen LogP contribution in [0.1, 0.15) is 30.7 Å². The Morgan fingerprint density at radius 3 is 2.77 bits per heavy atom. The second kappa shape index (κ2) is 6.85. The molecule has 2 aromatic rings. The zero-order valence-corrected chi connectivity index (χ0v) is 12.1. The quantitative estimate of drug-likeness (QED) is 0.427. The van der Waals surface area contributed by atoms with Crippen molar-refractivity contribution in [2.24, 2.45) is 5.73 Å². The number of nitrogens with one attached hydrogen (secondary N) is 2. The summed E-state index contributed by atoms with van der Waals surface area (Å²) in [5.41, 5.74) is 12.6. The molecule has 0 aliphatic carbocycles. The van der Waals surface area contributed by atoms with Gasteiger partial charge in [0.25, 0.3) is 0 Å². The number of hydrogen-bond donors (Lipinski definition) is 4. The third-order valence-electron chi connectivity index (χ3n) is 3.13. The number of carbonyl (C=O) groups excluding carboxylic acids is 2. The first-order chi connectivity index (χ1) is 10.5. The SMILES string of the molecule is CC(CC(=O)OC(=O)[C@@H](N)Cc1cnc[nH]1)c1cnc(N)[nH]1. The molecule has 2 aromatic heterocycles. The predicted molar refractivity (Wildman–Crippen MR) is 77.4 cm³/mol. The van der Waals surface area contributed by atoms with Crippen molar-refractivity contribution in [1.82, 2.24) is 19.9 Å². The van der Waals surface area contributed by atoms with Gasteiger partial charge in [0.05, 0.1) is 18.9 Å². The Labute approximate surface area is 126 Å². The molecule has 9 heteroatoms. The number of aromatic amines is 2. The fraction of sp³-hybridized carbons (Fsp3) is 0.385. The van der Waals surface area contributed by atoms with E-state index in [1.54, 1.807) is 19.3 Å². The van der Waals surface area contributed by atoms with Crippen LogP contribution in [-0.2, 0) is 20.7 Å². The topological polar surface area (TPSA) is 153 Å². The Bertz CT molecular complexity index is 636. The number of ether oxygens (including phenoxy) is 1. The van der Waals surface area contributed by atoms with Gasteiger partial charge in [-0.05, 0) is 0 Å². The van der Waals surface area contributed by atoms with Crippen LogP contribution in [0.15, 0.2) is 18.7 Å². The smallest absolute Gasteiger partial charge is 0.330 e. The molecule has 2 atom stereocenters. The van der Waals surface area contributed by atoms with Crippen molar-refractivity contribution < 1.29 is 14.3 Å². The van der Waals surface area contributed by atoms with Gasteiger partial charge in [-0.15, -0.1) is 0 Å². The van der Waals surface area contributed by atoms with Gasteiger partial charge >= 0.3 is 11.9 Å². The van der Waals surface area contributed by atoms with E-state index in [9.17, 15) is 9.59 Å². The number of hydrogen-bond acceptors (Lipinski definition) is 7. The van der Waals surface area contributed by atoms with E-state index in [0.29, 0.717) is 11.4 Å². The molecule has 22 heavy (non-hydrogen) atoms. The van der Waals surface area contributed by atoms with Crippen LogP contribution in [0.25, 0.3) is 0 Å². The summed E-state index contributed by atoms with van der Waals surface area (Å²) in [4.78, 5) is 36.8. The van der Waals surface area contributed by atoms with E-state index in [4.69, 9.17) is 16.2 Å². The van der Waals surface area contributed by atoms with E-state index in [-0.39, 0.29) is 24.7 Å². The van der Waals surface area contributed by atoms with Crippen LogP contribution < -0.4 is 11.5 Å². The van der Waals surface area contributed by atoms with Gasteiger partial charge in [0.2, 0.25) is 0 Å². The number of nitrogens with two attached hydrogens (primary N) is 2. The number of nitrogens with zero attached hydrogens (tertiary/aromatic N) is 2. The maximum atomic E-state index is 11.8. The van der Waals surface area contributed by atoms with E-state index < -0.39 is 18.0 Å². The Morgan fingerprint density at radius 2 is 2.18 bits per heavy atom. The van der Waals surface area contributed by atoms with Crippen LogP contribution in [0.5, 0.6) is 0 Å². The molecule has 0 aromatic carbocycles. The molecular formula is C13H18N6O3. The standard InChI is InChI=1S/C13H18N6O3/c1-7(10-5-17-13(15)19-10)2-11(20)22-12(21)9(14)3-8-4-16-6-18-8/h4-7,9H,2-3,14H2,1H3,(H,16,18)(H3,15,17,19)/t7?,9-/m0/s1. The van der Waals surface area contributed by atoms with Crippen molar-refractivity contribution in [2.45, 2.75) is 31.7 Å². The van der Waals surface area contributed by atoms with Crippen molar-refractivity contribution in [3.63, 3.8) is 0 Å². The molecule has 0 aliphatic heterocycles. The van der Waals surface area contributed by atoms with Gasteiger partial charge in [-0.3, -0.25) is 4.79 Å². The molecule has 0 fully saturated rings. The molecule has 0 bridgehead atoms. The highest BCUT2D eigenvalue weighted by Gasteiger charge is 2.22. The minimum absolute atomic E-state index is 0.0180. The van der Waals surface area contributed by atoms with Crippen molar-refractivity contribution in [2.75, 3.05) is 5.73 Å². The van der Waals surface area contributed by atoms with E-state index in [2.05, 4.69) is 19.9 Å². The van der Waals surface area contributed by atoms with Gasteiger partial charge in [-0.2, -0.15) is 0 Å². The predicted octanol–water partition coefficient (Wildman–Crippen LogP) is -0.152. The van der Waals surface area contributed by atoms with Gasteiger partial charge in [0.15, 0.2) is 5.95 Å². The monoisotopic (exact) mass is 306 g/mol. The molecule has 0 amide bonds. The Balaban J connectivity index is 1.82. The number of H-pyrrole nitrogens is 2. The lowest BCUT2D eigenvalue weighted by atomic mass is 10.1. The molecule has 118 valence electrons. The Kier molecular flexibility index (Phi) is 4.89. The molecule has 9 nitrogen and oxygen atoms in total. The van der Waals surface area contributed by atoms with Crippen molar-refractivity contribution in [3.8, 4) is 0 Å². The highest BCUT2D eigenvalue weighted by Crippen LogP contribution is 2.18. The number of nitrogen functional groups attached to an aromatic ring is 1. The first-order valence-corrected chi connectivity index (χ1v) is 6.73. The summed E-state index contributed by atoms with van der Waals surface area (Å²) in [6, 6.07) is -0.928. The maximum absolute atomic E-state index is 11.8. The maximum Gasteiger partial charge on any atom is 0.330 e. The summed E-state index contributed by atoms with van der Waals surface area (Å²) in [5, 5.41) is 0. The Hall–Kier alpha value is -2.68. The summed E-state index contributed by atoms with van der Waals surface area (Å²) >= 11 is 0. The van der Waals surface area contributed by atoms with E-state index >= 15 is 0 Å². The summed E-state index contributed by atoms with van der Waals surface area (Å²) in [6.45, 7) is 1.79. The highest BCUT2D eigenvalue weighted by molar-refractivity contribution is 5.88. The summed E-state index contributed by atoms with van der Waals surface area (Å²) < 4.78 is 4.76. The van der Waals surface area contributed by atoms with Crippen molar-refractivity contribution in [1.29, 1.82) is 0 Å². The molecule has 2 rings (SSSR count). The molecule has 2 heterocycles. The minimum Gasteiger partial charge on any atom is -0.392 e. The molecule has 1 unspecified atom stereocenters. The van der Waals surface area contributed by atoms with E-state index in [0.717, 1.165) is 0 Å². The molecule has 0 saturated heterocycles. The molecule has 0 saturated carbocycles. The zero-order valence-electron chi connectivity index (χ0n) is 12.1.